The topological polar surface area (TPSA) is 42.0 Å². The summed E-state index contributed by atoms with van der Waals surface area (Å²) in [5.74, 6) is 0.187. The van der Waals surface area contributed by atoms with Gasteiger partial charge in [0.25, 0.3) is 0 Å². The first-order valence-electron chi connectivity index (χ1n) is 3.59. The Morgan fingerprint density at radius 1 is 1.55 bits per heavy atom. The number of ketones is 1. The van der Waals surface area contributed by atoms with Gasteiger partial charge in [-0.1, -0.05) is 0 Å². The number of rotatable bonds is 0. The number of hydrogen-bond acceptors (Lipinski definition) is 3. The molecule has 1 N–H and O–H groups in total. The molecule has 0 fully saturated rings. The van der Waals surface area contributed by atoms with Gasteiger partial charge in [-0.15, -0.1) is 0 Å². The highest BCUT2D eigenvalue weighted by Crippen LogP contribution is 2.19. The van der Waals surface area contributed by atoms with E-state index in [2.05, 4.69) is 10.3 Å². The molecule has 2 rings (SSSR count). The van der Waals surface area contributed by atoms with E-state index in [4.69, 9.17) is 0 Å². The summed E-state index contributed by atoms with van der Waals surface area (Å²) in [4.78, 5) is 15.1. The molecule has 3 nitrogen and oxygen atoms in total. The van der Waals surface area contributed by atoms with Crippen molar-refractivity contribution in [1.82, 2.24) is 4.98 Å². The molecule has 0 atom stereocenters. The summed E-state index contributed by atoms with van der Waals surface area (Å²) in [7, 11) is 0. The quantitative estimate of drug-likeness (QED) is 0.598. The van der Waals surface area contributed by atoms with E-state index in [-0.39, 0.29) is 5.78 Å². The van der Waals surface area contributed by atoms with Crippen molar-refractivity contribution < 1.29 is 4.79 Å². The van der Waals surface area contributed by atoms with Crippen molar-refractivity contribution in [3.05, 3.63) is 24.0 Å². The van der Waals surface area contributed by atoms with Crippen molar-refractivity contribution in [2.24, 2.45) is 0 Å². The first kappa shape index (κ1) is 6.34. The lowest BCUT2D eigenvalue weighted by atomic mass is 10.1. The van der Waals surface area contributed by atoms with E-state index < -0.39 is 0 Å². The third-order valence-corrected chi connectivity index (χ3v) is 1.79. The normalized spacial score (nSPS) is 15.5. The van der Waals surface area contributed by atoms with Gasteiger partial charge in [0.15, 0.2) is 5.78 Å². The number of nitrogens with zero attached hydrogens (tertiary/aromatic N) is 1. The van der Waals surface area contributed by atoms with Crippen LogP contribution >= 0.6 is 0 Å². The average molecular weight is 148 g/mol. The van der Waals surface area contributed by atoms with Gasteiger partial charge in [0.2, 0.25) is 0 Å². The molecule has 1 aliphatic rings. The molecule has 0 aromatic carbocycles. The molecule has 0 spiro atoms. The predicted molar refractivity (Wildman–Crippen MR) is 41.7 cm³/mol. The molecule has 11 heavy (non-hydrogen) atoms. The van der Waals surface area contributed by atoms with Gasteiger partial charge in [-0.05, 0) is 6.07 Å². The SMILES string of the molecule is O=C1CCNc2ccncc21. The highest BCUT2D eigenvalue weighted by Gasteiger charge is 2.15. The van der Waals surface area contributed by atoms with E-state index in [1.807, 2.05) is 6.07 Å². The van der Waals surface area contributed by atoms with Gasteiger partial charge in [-0.3, -0.25) is 9.78 Å². The Hall–Kier alpha value is -1.38. The van der Waals surface area contributed by atoms with Crippen LogP contribution in [0, 0.1) is 0 Å². The second kappa shape index (κ2) is 2.34. The maximum Gasteiger partial charge on any atom is 0.168 e. The van der Waals surface area contributed by atoms with Gasteiger partial charge in [0.1, 0.15) is 0 Å². The van der Waals surface area contributed by atoms with Crippen LogP contribution in [0.2, 0.25) is 0 Å². The van der Waals surface area contributed by atoms with Crippen molar-refractivity contribution in [3.8, 4) is 0 Å². The Kier molecular flexibility index (Phi) is 1.35. The molecular formula is C8H8N2O. The summed E-state index contributed by atoms with van der Waals surface area (Å²) >= 11 is 0. The van der Waals surface area contributed by atoms with Gasteiger partial charge in [-0.2, -0.15) is 0 Å². The minimum Gasteiger partial charge on any atom is -0.384 e. The lowest BCUT2D eigenvalue weighted by Gasteiger charge is -2.15. The Bertz CT molecular complexity index is 296. The van der Waals surface area contributed by atoms with E-state index in [1.54, 1.807) is 12.4 Å². The van der Waals surface area contributed by atoms with Crippen LogP contribution in [-0.4, -0.2) is 17.3 Å². The zero-order valence-electron chi connectivity index (χ0n) is 6.00. The van der Waals surface area contributed by atoms with Gasteiger partial charge in [0.05, 0.1) is 5.56 Å². The molecule has 1 aromatic rings. The Labute approximate surface area is 64.5 Å². The molecular weight excluding hydrogens is 140 g/mol. The molecule has 0 amide bonds. The summed E-state index contributed by atoms with van der Waals surface area (Å²) in [5, 5.41) is 3.13. The average Bonchev–Trinajstić information content (AvgIpc) is 2.06. The van der Waals surface area contributed by atoms with Gasteiger partial charge in [-0.25, -0.2) is 0 Å². The standard InChI is InChI=1S/C8H8N2O/c11-8-2-4-10-7-1-3-9-5-6(7)8/h1,3,5,10H,2,4H2. The smallest absolute Gasteiger partial charge is 0.168 e. The van der Waals surface area contributed by atoms with Crippen molar-refractivity contribution in [2.45, 2.75) is 6.42 Å². The third-order valence-electron chi connectivity index (χ3n) is 1.79. The predicted octanol–water partition coefficient (Wildman–Crippen LogP) is 1.08. The summed E-state index contributed by atoms with van der Waals surface area (Å²) in [5.41, 5.74) is 1.63. The van der Waals surface area contributed by atoms with Crippen LogP contribution in [0.3, 0.4) is 0 Å². The van der Waals surface area contributed by atoms with Crippen LogP contribution in [0.4, 0.5) is 5.69 Å². The molecule has 0 saturated heterocycles. The lowest BCUT2D eigenvalue weighted by molar-refractivity contribution is 0.0983. The summed E-state index contributed by atoms with van der Waals surface area (Å²) in [6, 6.07) is 1.83. The second-order valence-corrected chi connectivity index (χ2v) is 2.52. The highest BCUT2D eigenvalue weighted by molar-refractivity contribution is 6.02. The fourth-order valence-corrected chi connectivity index (χ4v) is 1.22. The number of carbonyl (C=O) groups is 1. The van der Waals surface area contributed by atoms with Crippen LogP contribution in [-0.2, 0) is 0 Å². The molecule has 0 bridgehead atoms. The Morgan fingerprint density at radius 3 is 3.27 bits per heavy atom. The molecule has 56 valence electrons. The maximum absolute atomic E-state index is 11.2. The van der Waals surface area contributed by atoms with E-state index in [9.17, 15) is 4.79 Å². The van der Waals surface area contributed by atoms with Gasteiger partial charge >= 0.3 is 0 Å². The number of Topliss-reactive ketones (excluding diaryl/α,β-unsaturated/α-hetero) is 1. The number of nitrogens with one attached hydrogen (secondary N) is 1. The summed E-state index contributed by atoms with van der Waals surface area (Å²) < 4.78 is 0. The van der Waals surface area contributed by atoms with Crippen LogP contribution in [0.5, 0.6) is 0 Å². The number of fused-ring (bicyclic) bond motifs is 1. The van der Waals surface area contributed by atoms with Crippen molar-refractivity contribution in [1.29, 1.82) is 0 Å². The number of aromatic nitrogens is 1. The lowest BCUT2D eigenvalue weighted by Crippen LogP contribution is -2.17. The van der Waals surface area contributed by atoms with E-state index >= 15 is 0 Å². The number of anilines is 1. The van der Waals surface area contributed by atoms with Crippen LogP contribution < -0.4 is 5.32 Å². The zero-order chi connectivity index (χ0) is 7.68. The fraction of sp³-hybridized carbons (Fsp3) is 0.250. The Morgan fingerprint density at radius 2 is 2.45 bits per heavy atom. The van der Waals surface area contributed by atoms with E-state index in [1.165, 1.54) is 0 Å². The van der Waals surface area contributed by atoms with Crippen molar-refractivity contribution >= 4 is 11.5 Å². The molecule has 0 unspecified atom stereocenters. The van der Waals surface area contributed by atoms with Crippen LogP contribution in [0.25, 0.3) is 0 Å². The maximum atomic E-state index is 11.2. The first-order valence-corrected chi connectivity index (χ1v) is 3.59. The zero-order valence-corrected chi connectivity index (χ0v) is 6.00. The molecule has 2 heterocycles. The minimum absolute atomic E-state index is 0.187. The first-order chi connectivity index (χ1) is 5.38. The molecule has 0 radical (unpaired) electrons. The number of hydrogen-bond donors (Lipinski definition) is 1. The van der Waals surface area contributed by atoms with E-state index in [0.717, 1.165) is 17.8 Å². The molecule has 3 heteroatoms. The fourth-order valence-electron chi connectivity index (χ4n) is 1.22. The molecule has 0 aliphatic carbocycles. The highest BCUT2D eigenvalue weighted by atomic mass is 16.1. The van der Waals surface area contributed by atoms with Crippen LogP contribution in [0.1, 0.15) is 16.8 Å². The van der Waals surface area contributed by atoms with E-state index in [0.29, 0.717) is 6.42 Å². The van der Waals surface area contributed by atoms with Crippen molar-refractivity contribution in [2.75, 3.05) is 11.9 Å². The second-order valence-electron chi connectivity index (χ2n) is 2.52. The van der Waals surface area contributed by atoms with Gasteiger partial charge in [0, 0.05) is 31.0 Å². The minimum atomic E-state index is 0.187. The van der Waals surface area contributed by atoms with Crippen molar-refractivity contribution in [3.63, 3.8) is 0 Å². The molecule has 1 aliphatic heterocycles. The number of carbonyl (C=O) groups excluding carboxylic acids is 1. The third kappa shape index (κ3) is 0.981. The number of pyridine rings is 1. The van der Waals surface area contributed by atoms with Gasteiger partial charge < -0.3 is 5.32 Å². The monoisotopic (exact) mass is 148 g/mol. The summed E-state index contributed by atoms with van der Waals surface area (Å²) in [6.45, 7) is 0.746. The largest absolute Gasteiger partial charge is 0.384 e. The molecule has 1 aromatic heterocycles. The Balaban J connectivity index is 2.52. The molecule has 0 saturated carbocycles. The van der Waals surface area contributed by atoms with Crippen LogP contribution in [0.15, 0.2) is 18.5 Å². The summed E-state index contributed by atoms with van der Waals surface area (Å²) in [6.07, 6.45) is 3.88.